The zero-order valence-corrected chi connectivity index (χ0v) is 8.37. The van der Waals surface area contributed by atoms with Crippen molar-refractivity contribution >= 4 is 5.95 Å². The van der Waals surface area contributed by atoms with Crippen LogP contribution in [0.4, 0.5) is 14.7 Å². The van der Waals surface area contributed by atoms with Crippen LogP contribution < -0.4 is 5.73 Å². The highest BCUT2D eigenvalue weighted by Crippen LogP contribution is 2.10. The molecule has 1 heterocycles. The van der Waals surface area contributed by atoms with Crippen LogP contribution in [-0.2, 0) is 12.8 Å². The molecule has 0 fully saturated rings. The lowest BCUT2D eigenvalue weighted by Gasteiger charge is -2.00. The third-order valence-electron chi connectivity index (χ3n) is 2.12. The molecule has 1 aromatic carbocycles. The van der Waals surface area contributed by atoms with Crippen molar-refractivity contribution in [2.24, 2.45) is 0 Å². The molecule has 0 amide bonds. The fourth-order valence-corrected chi connectivity index (χ4v) is 1.44. The van der Waals surface area contributed by atoms with Gasteiger partial charge in [-0.05, 0) is 24.1 Å². The standard InChI is InChI=1S/C10H10F2N4/c11-7-3-6(4-8(12)5-7)1-2-9-14-10(13)16-15-9/h3-5H,1-2H2,(H3,13,14,15,16). The van der Waals surface area contributed by atoms with E-state index in [9.17, 15) is 8.78 Å². The van der Waals surface area contributed by atoms with Gasteiger partial charge in [0.25, 0.3) is 0 Å². The molecule has 16 heavy (non-hydrogen) atoms. The lowest BCUT2D eigenvalue weighted by Crippen LogP contribution is -1.95. The van der Waals surface area contributed by atoms with Crippen LogP contribution in [0.2, 0.25) is 0 Å². The molecule has 0 atom stereocenters. The molecule has 1 aromatic heterocycles. The lowest BCUT2D eigenvalue weighted by atomic mass is 10.1. The first kappa shape index (κ1) is 10.5. The molecule has 0 unspecified atom stereocenters. The van der Waals surface area contributed by atoms with Crippen LogP contribution >= 0.6 is 0 Å². The molecule has 0 aliphatic rings. The van der Waals surface area contributed by atoms with Crippen LogP contribution in [0.3, 0.4) is 0 Å². The summed E-state index contributed by atoms with van der Waals surface area (Å²) < 4.78 is 25.7. The maximum absolute atomic E-state index is 12.9. The first-order chi connectivity index (χ1) is 7.63. The van der Waals surface area contributed by atoms with Crippen molar-refractivity contribution in [1.82, 2.24) is 15.2 Å². The molecule has 0 aliphatic carbocycles. The maximum atomic E-state index is 12.9. The summed E-state index contributed by atoms with van der Waals surface area (Å²) in [6.07, 6.45) is 0.983. The molecule has 0 spiro atoms. The van der Waals surface area contributed by atoms with Gasteiger partial charge >= 0.3 is 0 Å². The number of aryl methyl sites for hydroxylation is 2. The van der Waals surface area contributed by atoms with E-state index in [1.807, 2.05) is 0 Å². The van der Waals surface area contributed by atoms with Gasteiger partial charge in [-0.15, -0.1) is 5.10 Å². The van der Waals surface area contributed by atoms with Crippen molar-refractivity contribution in [3.05, 3.63) is 41.2 Å². The van der Waals surface area contributed by atoms with E-state index in [2.05, 4.69) is 15.2 Å². The average Bonchev–Trinajstić information content (AvgIpc) is 2.60. The molecule has 0 saturated carbocycles. The Morgan fingerprint density at radius 2 is 1.81 bits per heavy atom. The van der Waals surface area contributed by atoms with E-state index in [1.165, 1.54) is 12.1 Å². The van der Waals surface area contributed by atoms with E-state index in [1.54, 1.807) is 0 Å². The second-order valence-corrected chi connectivity index (χ2v) is 3.42. The number of hydrogen-bond donors (Lipinski definition) is 2. The molecule has 6 heteroatoms. The summed E-state index contributed by atoms with van der Waals surface area (Å²) in [5, 5.41) is 6.29. The van der Waals surface area contributed by atoms with Crippen molar-refractivity contribution in [2.75, 3.05) is 5.73 Å². The molecule has 0 radical (unpaired) electrons. The Hall–Kier alpha value is -1.98. The van der Waals surface area contributed by atoms with Gasteiger partial charge in [0.05, 0.1) is 0 Å². The summed E-state index contributed by atoms with van der Waals surface area (Å²) in [7, 11) is 0. The van der Waals surface area contributed by atoms with Crippen molar-refractivity contribution in [1.29, 1.82) is 0 Å². The summed E-state index contributed by atoms with van der Waals surface area (Å²) >= 11 is 0. The fourth-order valence-electron chi connectivity index (χ4n) is 1.44. The highest BCUT2D eigenvalue weighted by atomic mass is 19.1. The Kier molecular flexibility index (Phi) is 2.80. The minimum atomic E-state index is -0.577. The predicted octanol–water partition coefficient (Wildman–Crippen LogP) is 1.45. The number of anilines is 1. The van der Waals surface area contributed by atoms with Crippen molar-refractivity contribution in [2.45, 2.75) is 12.8 Å². The average molecular weight is 224 g/mol. The molecular formula is C10H10F2N4. The number of hydrogen-bond acceptors (Lipinski definition) is 3. The number of benzene rings is 1. The number of halogens is 2. The molecule has 0 saturated heterocycles. The van der Waals surface area contributed by atoms with Gasteiger partial charge in [-0.25, -0.2) is 8.78 Å². The number of nitrogen functional groups attached to an aromatic ring is 1. The van der Waals surface area contributed by atoms with Crippen LogP contribution in [0.5, 0.6) is 0 Å². The Morgan fingerprint density at radius 3 is 2.38 bits per heavy atom. The van der Waals surface area contributed by atoms with Crippen LogP contribution in [0.1, 0.15) is 11.4 Å². The van der Waals surface area contributed by atoms with Crippen LogP contribution in [0, 0.1) is 11.6 Å². The number of nitrogens with two attached hydrogens (primary N) is 1. The number of aromatic amines is 1. The van der Waals surface area contributed by atoms with E-state index < -0.39 is 11.6 Å². The first-order valence-electron chi connectivity index (χ1n) is 4.75. The second-order valence-electron chi connectivity index (χ2n) is 3.42. The van der Waals surface area contributed by atoms with Gasteiger partial charge in [-0.2, -0.15) is 4.98 Å². The van der Waals surface area contributed by atoms with Crippen LogP contribution in [0.25, 0.3) is 0 Å². The number of H-pyrrole nitrogens is 1. The maximum Gasteiger partial charge on any atom is 0.239 e. The highest BCUT2D eigenvalue weighted by Gasteiger charge is 2.03. The van der Waals surface area contributed by atoms with Gasteiger partial charge in [0.2, 0.25) is 5.95 Å². The van der Waals surface area contributed by atoms with Crippen molar-refractivity contribution in [3.8, 4) is 0 Å². The summed E-state index contributed by atoms with van der Waals surface area (Å²) in [6.45, 7) is 0. The normalized spacial score (nSPS) is 10.6. The number of rotatable bonds is 3. The molecule has 3 N–H and O–H groups in total. The van der Waals surface area contributed by atoms with Gasteiger partial charge < -0.3 is 5.73 Å². The van der Waals surface area contributed by atoms with E-state index in [0.29, 0.717) is 24.2 Å². The van der Waals surface area contributed by atoms with Gasteiger partial charge in [0, 0.05) is 12.5 Å². The molecule has 2 rings (SSSR count). The number of nitrogens with zero attached hydrogens (tertiary/aromatic N) is 2. The first-order valence-corrected chi connectivity index (χ1v) is 4.75. The third-order valence-corrected chi connectivity index (χ3v) is 2.12. The minimum absolute atomic E-state index is 0.167. The zero-order chi connectivity index (χ0) is 11.5. The fraction of sp³-hybridized carbons (Fsp3) is 0.200. The van der Waals surface area contributed by atoms with Gasteiger partial charge in [-0.3, -0.25) is 5.10 Å². The Balaban J connectivity index is 2.04. The van der Waals surface area contributed by atoms with Crippen LogP contribution in [0.15, 0.2) is 18.2 Å². The van der Waals surface area contributed by atoms with E-state index in [4.69, 9.17) is 5.73 Å². The smallest absolute Gasteiger partial charge is 0.239 e. The molecule has 0 bridgehead atoms. The van der Waals surface area contributed by atoms with Crippen molar-refractivity contribution < 1.29 is 8.78 Å². The summed E-state index contributed by atoms with van der Waals surface area (Å²) in [5.41, 5.74) is 5.90. The number of nitrogens with one attached hydrogen (secondary N) is 1. The minimum Gasteiger partial charge on any atom is -0.367 e. The molecular weight excluding hydrogens is 214 g/mol. The summed E-state index contributed by atoms with van der Waals surface area (Å²) in [4.78, 5) is 3.89. The molecule has 84 valence electrons. The largest absolute Gasteiger partial charge is 0.367 e. The van der Waals surface area contributed by atoms with Crippen molar-refractivity contribution in [3.63, 3.8) is 0 Å². The molecule has 0 aliphatic heterocycles. The monoisotopic (exact) mass is 224 g/mol. The van der Waals surface area contributed by atoms with Gasteiger partial charge in [0.15, 0.2) is 0 Å². The van der Waals surface area contributed by atoms with Gasteiger partial charge in [-0.1, -0.05) is 0 Å². The zero-order valence-electron chi connectivity index (χ0n) is 8.37. The molecule has 4 nitrogen and oxygen atoms in total. The van der Waals surface area contributed by atoms with E-state index in [0.717, 1.165) is 6.07 Å². The number of aromatic nitrogens is 3. The summed E-state index contributed by atoms with van der Waals surface area (Å²) in [6, 6.07) is 3.43. The molecule has 2 aromatic rings. The second kappa shape index (κ2) is 4.26. The SMILES string of the molecule is Nc1n[nH]c(CCc2cc(F)cc(F)c2)n1. The third kappa shape index (κ3) is 2.53. The van der Waals surface area contributed by atoms with E-state index in [-0.39, 0.29) is 5.95 Å². The Bertz CT molecular complexity index is 475. The Labute approximate surface area is 90.5 Å². The van der Waals surface area contributed by atoms with Gasteiger partial charge in [0.1, 0.15) is 17.5 Å². The lowest BCUT2D eigenvalue weighted by molar-refractivity contribution is 0.579. The predicted molar refractivity (Wildman–Crippen MR) is 54.6 cm³/mol. The van der Waals surface area contributed by atoms with Crippen LogP contribution in [-0.4, -0.2) is 15.2 Å². The quantitative estimate of drug-likeness (QED) is 0.829. The highest BCUT2D eigenvalue weighted by molar-refractivity contribution is 5.19. The van der Waals surface area contributed by atoms with E-state index >= 15 is 0 Å². The topological polar surface area (TPSA) is 67.6 Å². The Morgan fingerprint density at radius 1 is 1.12 bits per heavy atom. The summed E-state index contributed by atoms with van der Waals surface area (Å²) in [5.74, 6) is -0.387.